The number of benzene rings is 2. The van der Waals surface area contributed by atoms with Crippen LogP contribution in [0.1, 0.15) is 35.3 Å². The molecule has 0 saturated carbocycles. The fraction of sp³-hybridized carbons (Fsp3) is 0.300. The Hall–Kier alpha value is -2.53. The lowest BCUT2D eigenvalue weighted by Gasteiger charge is -2.17. The normalized spacial score (nSPS) is 11.6. The molecule has 0 aliphatic rings. The van der Waals surface area contributed by atoms with Crippen LogP contribution < -0.4 is 10.1 Å². The molecule has 138 valence electrons. The third-order valence-electron chi connectivity index (χ3n) is 3.75. The molecule has 0 aromatic heterocycles. The van der Waals surface area contributed by atoms with Crippen molar-refractivity contribution in [3.05, 3.63) is 58.1 Å². The Labute approximate surface area is 158 Å². The molecule has 0 fully saturated rings. The van der Waals surface area contributed by atoms with Gasteiger partial charge in [0, 0.05) is 5.69 Å². The summed E-state index contributed by atoms with van der Waals surface area (Å²) in [5.74, 6) is -0.142. The Bertz CT molecular complexity index is 819. The molecule has 0 saturated heterocycles. The van der Waals surface area contributed by atoms with E-state index in [0.717, 1.165) is 11.1 Å². The van der Waals surface area contributed by atoms with Gasteiger partial charge in [0.15, 0.2) is 6.10 Å². The molecule has 0 aliphatic carbocycles. The van der Waals surface area contributed by atoms with Crippen LogP contribution in [0.2, 0.25) is 5.02 Å². The van der Waals surface area contributed by atoms with Crippen molar-refractivity contribution < 1.29 is 19.1 Å². The summed E-state index contributed by atoms with van der Waals surface area (Å²) < 4.78 is 10.7. The molecular weight excluding hydrogens is 354 g/mol. The predicted octanol–water partition coefficient (Wildman–Crippen LogP) is 4.54. The average Bonchev–Trinajstić information content (AvgIpc) is 2.58. The number of anilines is 1. The van der Waals surface area contributed by atoms with Crippen LogP contribution in [0.5, 0.6) is 5.75 Å². The summed E-state index contributed by atoms with van der Waals surface area (Å²) in [6.07, 6.45) is -0.695. The van der Waals surface area contributed by atoms with Crippen molar-refractivity contribution in [2.24, 2.45) is 0 Å². The summed E-state index contributed by atoms with van der Waals surface area (Å²) in [6.45, 7) is 7.54. The maximum absolute atomic E-state index is 12.4. The van der Waals surface area contributed by atoms with Gasteiger partial charge >= 0.3 is 5.97 Å². The van der Waals surface area contributed by atoms with E-state index in [9.17, 15) is 9.59 Å². The third kappa shape index (κ3) is 4.99. The van der Waals surface area contributed by atoms with Gasteiger partial charge < -0.3 is 14.8 Å². The van der Waals surface area contributed by atoms with Crippen LogP contribution in [0.4, 0.5) is 5.69 Å². The van der Waals surface area contributed by atoms with E-state index in [4.69, 9.17) is 21.1 Å². The minimum absolute atomic E-state index is 0.212. The van der Waals surface area contributed by atoms with E-state index in [2.05, 4.69) is 5.32 Å². The summed E-state index contributed by atoms with van der Waals surface area (Å²) in [5.41, 5.74) is 2.74. The SMILES string of the molecule is CCOC(=O)c1ccc(NC(=O)[C@H](C)Oc2cc(C)ccc2C)cc1Cl. The molecule has 1 atom stereocenters. The molecule has 0 bridgehead atoms. The molecule has 2 aromatic rings. The first kappa shape index (κ1) is 19.8. The van der Waals surface area contributed by atoms with Crippen LogP contribution in [0.15, 0.2) is 36.4 Å². The van der Waals surface area contributed by atoms with Gasteiger partial charge in [-0.25, -0.2) is 4.79 Å². The number of carbonyl (C=O) groups is 2. The lowest BCUT2D eigenvalue weighted by atomic mass is 10.1. The zero-order chi connectivity index (χ0) is 19.3. The van der Waals surface area contributed by atoms with Crippen LogP contribution in [0.3, 0.4) is 0 Å². The van der Waals surface area contributed by atoms with E-state index in [-0.39, 0.29) is 23.1 Å². The quantitative estimate of drug-likeness (QED) is 0.753. The number of amides is 1. The molecule has 1 N–H and O–H groups in total. The van der Waals surface area contributed by atoms with Crippen molar-refractivity contribution >= 4 is 29.2 Å². The molecule has 26 heavy (non-hydrogen) atoms. The number of ether oxygens (including phenoxy) is 2. The fourth-order valence-corrected chi connectivity index (χ4v) is 2.55. The van der Waals surface area contributed by atoms with Crippen molar-refractivity contribution in [2.45, 2.75) is 33.8 Å². The van der Waals surface area contributed by atoms with Crippen molar-refractivity contribution in [1.82, 2.24) is 0 Å². The first-order chi connectivity index (χ1) is 12.3. The van der Waals surface area contributed by atoms with Gasteiger partial charge in [-0.2, -0.15) is 0 Å². The molecule has 0 unspecified atom stereocenters. The Kier molecular flexibility index (Phi) is 6.64. The number of nitrogens with one attached hydrogen (secondary N) is 1. The van der Waals surface area contributed by atoms with Gasteiger partial charge in [-0.1, -0.05) is 23.7 Å². The lowest BCUT2D eigenvalue weighted by Crippen LogP contribution is -2.30. The smallest absolute Gasteiger partial charge is 0.339 e. The first-order valence-electron chi connectivity index (χ1n) is 8.33. The van der Waals surface area contributed by atoms with Crippen LogP contribution >= 0.6 is 11.6 Å². The molecule has 0 heterocycles. The van der Waals surface area contributed by atoms with Crippen molar-refractivity contribution in [3.8, 4) is 5.75 Å². The maximum Gasteiger partial charge on any atom is 0.339 e. The zero-order valence-electron chi connectivity index (χ0n) is 15.3. The monoisotopic (exact) mass is 375 g/mol. The summed E-state index contributed by atoms with van der Waals surface area (Å²) in [6, 6.07) is 10.5. The molecular formula is C20H22ClNO4. The summed E-state index contributed by atoms with van der Waals surface area (Å²) in [5, 5.41) is 2.95. The number of hydrogen-bond acceptors (Lipinski definition) is 4. The highest BCUT2D eigenvalue weighted by molar-refractivity contribution is 6.34. The Morgan fingerprint density at radius 3 is 2.54 bits per heavy atom. The van der Waals surface area contributed by atoms with Crippen LogP contribution in [-0.4, -0.2) is 24.6 Å². The van der Waals surface area contributed by atoms with Crippen molar-refractivity contribution in [3.63, 3.8) is 0 Å². The predicted molar refractivity (Wildman–Crippen MR) is 102 cm³/mol. The lowest BCUT2D eigenvalue weighted by molar-refractivity contribution is -0.122. The minimum Gasteiger partial charge on any atom is -0.481 e. The standard InChI is InChI=1S/C20H22ClNO4/c1-5-25-20(24)16-9-8-15(11-17(16)21)22-19(23)14(4)26-18-10-12(2)6-7-13(18)3/h6-11,14H,5H2,1-4H3,(H,22,23)/t14-/m0/s1. The van der Waals surface area contributed by atoms with Gasteiger partial charge in [0.1, 0.15) is 5.75 Å². The van der Waals surface area contributed by atoms with Gasteiger partial charge in [0.2, 0.25) is 0 Å². The number of carbonyl (C=O) groups excluding carboxylic acids is 2. The highest BCUT2D eigenvalue weighted by atomic mass is 35.5. The topological polar surface area (TPSA) is 64.6 Å². The van der Waals surface area contributed by atoms with E-state index in [1.807, 2.05) is 32.0 Å². The van der Waals surface area contributed by atoms with Gasteiger partial charge in [-0.05, 0) is 63.1 Å². The number of rotatable bonds is 6. The van der Waals surface area contributed by atoms with Crippen LogP contribution in [0, 0.1) is 13.8 Å². The van der Waals surface area contributed by atoms with Crippen molar-refractivity contribution in [2.75, 3.05) is 11.9 Å². The van der Waals surface area contributed by atoms with Crippen molar-refractivity contribution in [1.29, 1.82) is 0 Å². The zero-order valence-corrected chi connectivity index (χ0v) is 16.0. The minimum atomic E-state index is -0.695. The Morgan fingerprint density at radius 1 is 1.15 bits per heavy atom. The maximum atomic E-state index is 12.4. The van der Waals surface area contributed by atoms with Gasteiger partial charge in [-0.3, -0.25) is 4.79 Å². The summed E-state index contributed by atoms with van der Waals surface area (Å²) in [7, 11) is 0. The number of aryl methyl sites for hydroxylation is 2. The Morgan fingerprint density at radius 2 is 1.88 bits per heavy atom. The fourth-order valence-electron chi connectivity index (χ4n) is 2.29. The highest BCUT2D eigenvalue weighted by Crippen LogP contribution is 2.23. The van der Waals surface area contributed by atoms with E-state index in [0.29, 0.717) is 11.4 Å². The molecule has 0 radical (unpaired) electrons. The van der Waals surface area contributed by atoms with E-state index >= 15 is 0 Å². The summed E-state index contributed by atoms with van der Waals surface area (Å²) >= 11 is 6.11. The molecule has 0 spiro atoms. The second-order valence-corrected chi connectivity index (χ2v) is 6.34. The summed E-state index contributed by atoms with van der Waals surface area (Å²) in [4.78, 5) is 24.1. The number of esters is 1. The van der Waals surface area contributed by atoms with E-state index in [1.54, 1.807) is 19.9 Å². The molecule has 6 heteroatoms. The first-order valence-corrected chi connectivity index (χ1v) is 8.71. The number of halogens is 1. The van der Waals surface area contributed by atoms with Crippen LogP contribution in [0.25, 0.3) is 0 Å². The van der Waals surface area contributed by atoms with E-state index in [1.165, 1.54) is 12.1 Å². The second-order valence-electron chi connectivity index (χ2n) is 5.93. The third-order valence-corrected chi connectivity index (χ3v) is 4.06. The molecule has 2 aromatic carbocycles. The van der Waals surface area contributed by atoms with Gasteiger partial charge in [-0.15, -0.1) is 0 Å². The number of hydrogen-bond donors (Lipinski definition) is 1. The van der Waals surface area contributed by atoms with Crippen LogP contribution in [-0.2, 0) is 9.53 Å². The molecule has 1 amide bonds. The van der Waals surface area contributed by atoms with Gasteiger partial charge in [0.25, 0.3) is 5.91 Å². The highest BCUT2D eigenvalue weighted by Gasteiger charge is 2.17. The molecule has 2 rings (SSSR count). The molecule has 5 nitrogen and oxygen atoms in total. The van der Waals surface area contributed by atoms with Gasteiger partial charge in [0.05, 0.1) is 17.2 Å². The van der Waals surface area contributed by atoms with E-state index < -0.39 is 12.1 Å². The average molecular weight is 376 g/mol. The largest absolute Gasteiger partial charge is 0.481 e. The molecule has 0 aliphatic heterocycles. The Balaban J connectivity index is 2.05. The second kappa shape index (κ2) is 8.72.